The van der Waals surface area contributed by atoms with Gasteiger partial charge in [0.1, 0.15) is 0 Å². The minimum atomic E-state index is 0.143. The predicted molar refractivity (Wildman–Crippen MR) is 99.5 cm³/mol. The van der Waals surface area contributed by atoms with Crippen LogP contribution >= 0.6 is 0 Å². The van der Waals surface area contributed by atoms with Gasteiger partial charge in [-0.3, -0.25) is 9.59 Å². The molecular weight excluding hydrogens is 312 g/mol. The lowest BCUT2D eigenvalue weighted by Crippen LogP contribution is -2.44. The lowest BCUT2D eigenvalue weighted by molar-refractivity contribution is -0.132. The number of nitrogens with zero attached hydrogens (tertiary/aromatic N) is 1. The molecular formula is C21H30N2O2. The third-order valence-corrected chi connectivity index (χ3v) is 5.87. The van der Waals surface area contributed by atoms with Crippen molar-refractivity contribution >= 4 is 11.8 Å². The number of likely N-dealkylation sites (tertiary alicyclic amines) is 1. The van der Waals surface area contributed by atoms with Gasteiger partial charge in [-0.1, -0.05) is 31.2 Å². The van der Waals surface area contributed by atoms with Gasteiger partial charge in [-0.2, -0.15) is 0 Å². The van der Waals surface area contributed by atoms with Gasteiger partial charge >= 0.3 is 0 Å². The number of rotatable bonds is 4. The molecule has 1 atom stereocenters. The second kappa shape index (κ2) is 7.19. The maximum Gasteiger partial charge on any atom is 0.222 e. The van der Waals surface area contributed by atoms with Crippen molar-refractivity contribution in [3.05, 3.63) is 35.4 Å². The standard InChI is InChI=1S/C21H30N2O2/c1-4-20(25)23-11-9-21(10-12-23)14-16(13-19(24)22-15(2)3)17-7-5-6-8-18(17)21/h5-8,15-16H,4,9-14H2,1-3H3,(H,22,24)/t16-/m0/s1. The summed E-state index contributed by atoms with van der Waals surface area (Å²) in [6.45, 7) is 7.61. The van der Waals surface area contributed by atoms with Crippen molar-refractivity contribution in [2.45, 2.75) is 70.3 Å². The molecule has 2 amide bonds. The van der Waals surface area contributed by atoms with Gasteiger partial charge in [0.25, 0.3) is 0 Å². The molecule has 0 radical (unpaired) electrons. The Morgan fingerprint density at radius 2 is 1.92 bits per heavy atom. The highest BCUT2D eigenvalue weighted by atomic mass is 16.2. The largest absolute Gasteiger partial charge is 0.354 e. The minimum absolute atomic E-state index is 0.143. The number of benzene rings is 1. The predicted octanol–water partition coefficient (Wildman–Crippen LogP) is 3.36. The number of fused-ring (bicyclic) bond motifs is 2. The summed E-state index contributed by atoms with van der Waals surface area (Å²) < 4.78 is 0. The van der Waals surface area contributed by atoms with Crippen LogP contribution in [0.1, 0.15) is 69.9 Å². The zero-order valence-electron chi connectivity index (χ0n) is 15.7. The molecule has 25 heavy (non-hydrogen) atoms. The summed E-state index contributed by atoms with van der Waals surface area (Å²) in [4.78, 5) is 26.3. The van der Waals surface area contributed by atoms with Crippen molar-refractivity contribution in [2.75, 3.05) is 13.1 Å². The minimum Gasteiger partial charge on any atom is -0.354 e. The van der Waals surface area contributed by atoms with Gasteiger partial charge in [-0.05, 0) is 55.6 Å². The monoisotopic (exact) mass is 342 g/mol. The van der Waals surface area contributed by atoms with E-state index in [9.17, 15) is 9.59 Å². The molecule has 1 N–H and O–H groups in total. The van der Waals surface area contributed by atoms with E-state index in [0.717, 1.165) is 32.4 Å². The first-order valence-electron chi connectivity index (χ1n) is 9.62. The molecule has 1 heterocycles. The zero-order valence-corrected chi connectivity index (χ0v) is 15.7. The van der Waals surface area contributed by atoms with Crippen molar-refractivity contribution in [3.8, 4) is 0 Å². The van der Waals surface area contributed by atoms with Crippen molar-refractivity contribution in [2.24, 2.45) is 0 Å². The summed E-state index contributed by atoms with van der Waals surface area (Å²) in [5.41, 5.74) is 2.90. The van der Waals surface area contributed by atoms with E-state index in [-0.39, 0.29) is 23.3 Å². The van der Waals surface area contributed by atoms with Crippen molar-refractivity contribution < 1.29 is 9.59 Å². The maximum atomic E-state index is 12.3. The van der Waals surface area contributed by atoms with Crippen LogP contribution in [-0.4, -0.2) is 35.8 Å². The van der Waals surface area contributed by atoms with Gasteiger partial charge in [0.2, 0.25) is 11.8 Å². The molecule has 136 valence electrons. The Bertz CT molecular complexity index is 645. The van der Waals surface area contributed by atoms with Crippen LogP contribution in [0.3, 0.4) is 0 Å². The van der Waals surface area contributed by atoms with E-state index < -0.39 is 0 Å². The molecule has 4 nitrogen and oxygen atoms in total. The summed E-state index contributed by atoms with van der Waals surface area (Å²) in [7, 11) is 0. The van der Waals surface area contributed by atoms with E-state index in [1.165, 1.54) is 11.1 Å². The molecule has 4 heteroatoms. The second-order valence-corrected chi connectivity index (χ2v) is 7.93. The van der Waals surface area contributed by atoms with E-state index in [1.807, 2.05) is 25.7 Å². The van der Waals surface area contributed by atoms with Crippen LogP contribution in [0.5, 0.6) is 0 Å². The third-order valence-electron chi connectivity index (χ3n) is 5.87. The molecule has 3 rings (SSSR count). The number of hydrogen-bond donors (Lipinski definition) is 1. The number of carbonyl (C=O) groups is 2. The fourth-order valence-corrected chi connectivity index (χ4v) is 4.70. The summed E-state index contributed by atoms with van der Waals surface area (Å²) >= 11 is 0. The van der Waals surface area contributed by atoms with Crippen molar-refractivity contribution in [1.29, 1.82) is 0 Å². The van der Waals surface area contributed by atoms with Crippen LogP contribution in [0.2, 0.25) is 0 Å². The summed E-state index contributed by atoms with van der Waals surface area (Å²) in [5.74, 6) is 0.697. The smallest absolute Gasteiger partial charge is 0.222 e. The summed E-state index contributed by atoms with van der Waals surface area (Å²) in [5, 5.41) is 3.03. The molecule has 1 aliphatic carbocycles. The highest BCUT2D eigenvalue weighted by Gasteiger charge is 2.45. The van der Waals surface area contributed by atoms with E-state index in [0.29, 0.717) is 18.8 Å². The van der Waals surface area contributed by atoms with E-state index in [2.05, 4.69) is 29.6 Å². The van der Waals surface area contributed by atoms with Gasteiger partial charge in [0, 0.05) is 32.0 Å². The highest BCUT2D eigenvalue weighted by Crippen LogP contribution is 2.52. The first-order chi connectivity index (χ1) is 11.9. The van der Waals surface area contributed by atoms with Crippen LogP contribution in [0.4, 0.5) is 0 Å². The van der Waals surface area contributed by atoms with E-state index >= 15 is 0 Å². The average Bonchev–Trinajstić information content (AvgIpc) is 2.88. The number of piperidine rings is 1. The molecule has 1 spiro atoms. The van der Waals surface area contributed by atoms with Gasteiger partial charge in [-0.25, -0.2) is 0 Å². The fraction of sp³-hybridized carbons (Fsp3) is 0.619. The Balaban J connectivity index is 1.77. The SMILES string of the molecule is CCC(=O)N1CCC2(CC1)C[C@H](CC(=O)NC(C)C)c1ccccc12. The van der Waals surface area contributed by atoms with Gasteiger partial charge in [-0.15, -0.1) is 0 Å². The molecule has 1 aromatic rings. The van der Waals surface area contributed by atoms with Crippen LogP contribution < -0.4 is 5.32 Å². The third kappa shape index (κ3) is 3.58. The molecule has 1 aliphatic heterocycles. The number of hydrogen-bond acceptors (Lipinski definition) is 2. The number of carbonyl (C=O) groups excluding carboxylic acids is 2. The lowest BCUT2D eigenvalue weighted by Gasteiger charge is -2.40. The number of nitrogens with one attached hydrogen (secondary N) is 1. The average molecular weight is 342 g/mol. The summed E-state index contributed by atoms with van der Waals surface area (Å²) in [6.07, 6.45) is 4.21. The molecule has 0 aromatic heterocycles. The first-order valence-corrected chi connectivity index (χ1v) is 9.62. The molecule has 1 fully saturated rings. The Kier molecular flexibility index (Phi) is 5.16. The van der Waals surface area contributed by atoms with Crippen molar-refractivity contribution in [1.82, 2.24) is 10.2 Å². The van der Waals surface area contributed by atoms with Gasteiger partial charge in [0.15, 0.2) is 0 Å². The van der Waals surface area contributed by atoms with Crippen LogP contribution in [0, 0.1) is 0 Å². The topological polar surface area (TPSA) is 49.4 Å². The highest BCUT2D eigenvalue weighted by molar-refractivity contribution is 5.78. The normalized spacial score (nSPS) is 21.4. The lowest BCUT2D eigenvalue weighted by atomic mass is 9.73. The van der Waals surface area contributed by atoms with Crippen LogP contribution in [0.15, 0.2) is 24.3 Å². The first kappa shape index (κ1) is 18.0. The maximum absolute atomic E-state index is 12.3. The second-order valence-electron chi connectivity index (χ2n) is 7.93. The molecule has 0 bridgehead atoms. The molecule has 1 saturated heterocycles. The van der Waals surface area contributed by atoms with Gasteiger partial charge < -0.3 is 10.2 Å². The number of amides is 2. The molecule has 2 aliphatic rings. The van der Waals surface area contributed by atoms with Crippen LogP contribution in [0.25, 0.3) is 0 Å². The quantitative estimate of drug-likeness (QED) is 0.912. The Hall–Kier alpha value is -1.84. The Labute approximate surface area is 151 Å². The molecule has 0 unspecified atom stereocenters. The van der Waals surface area contributed by atoms with E-state index in [4.69, 9.17) is 0 Å². The Morgan fingerprint density at radius 1 is 1.24 bits per heavy atom. The fourth-order valence-electron chi connectivity index (χ4n) is 4.70. The molecule has 0 saturated carbocycles. The van der Waals surface area contributed by atoms with Crippen LogP contribution in [-0.2, 0) is 15.0 Å². The van der Waals surface area contributed by atoms with E-state index in [1.54, 1.807) is 0 Å². The molecule has 1 aromatic carbocycles. The summed E-state index contributed by atoms with van der Waals surface area (Å²) in [6, 6.07) is 8.82. The van der Waals surface area contributed by atoms with Crippen molar-refractivity contribution in [3.63, 3.8) is 0 Å². The zero-order chi connectivity index (χ0) is 18.0. The van der Waals surface area contributed by atoms with Gasteiger partial charge in [0.05, 0.1) is 0 Å². The Morgan fingerprint density at radius 3 is 2.56 bits per heavy atom.